The molecule has 0 fully saturated rings. The topological polar surface area (TPSA) is 67.4 Å². The molecular weight excluding hydrogens is 324 g/mol. The first-order valence-corrected chi connectivity index (χ1v) is 8.85. The summed E-state index contributed by atoms with van der Waals surface area (Å²) in [7, 11) is 1.61. The van der Waals surface area contributed by atoms with E-state index in [2.05, 4.69) is 10.6 Å². The van der Waals surface area contributed by atoms with Gasteiger partial charge in [-0.05, 0) is 37.0 Å². The smallest absolute Gasteiger partial charge is 0.254 e. The number of carbonyl (C=O) groups is 2. The Morgan fingerprint density at radius 3 is 2.75 bits per heavy atom. The molecule has 0 saturated carbocycles. The van der Waals surface area contributed by atoms with Crippen molar-refractivity contribution in [3.63, 3.8) is 0 Å². The molecule has 0 bridgehead atoms. The van der Waals surface area contributed by atoms with Crippen LogP contribution in [0, 0.1) is 0 Å². The van der Waals surface area contributed by atoms with Crippen LogP contribution < -0.4 is 15.4 Å². The second kappa shape index (κ2) is 7.49. The van der Waals surface area contributed by atoms with Crippen molar-refractivity contribution >= 4 is 28.2 Å². The molecule has 0 unspecified atom stereocenters. The Kier molecular flexibility index (Phi) is 5.15. The average molecular weight is 344 g/mol. The van der Waals surface area contributed by atoms with Crippen LogP contribution in [0.15, 0.2) is 30.3 Å². The maximum Gasteiger partial charge on any atom is 0.254 e. The molecule has 24 heavy (non-hydrogen) atoms. The van der Waals surface area contributed by atoms with E-state index in [-0.39, 0.29) is 18.2 Å². The normalized spacial score (nSPS) is 12.5. The molecule has 5 nitrogen and oxygen atoms in total. The van der Waals surface area contributed by atoms with Gasteiger partial charge in [-0.1, -0.05) is 18.2 Å². The third-order valence-corrected chi connectivity index (χ3v) is 5.18. The summed E-state index contributed by atoms with van der Waals surface area (Å²) in [6.07, 6.45) is 3.20. The van der Waals surface area contributed by atoms with Crippen molar-refractivity contribution in [1.82, 2.24) is 5.32 Å². The van der Waals surface area contributed by atoms with Gasteiger partial charge >= 0.3 is 0 Å². The van der Waals surface area contributed by atoms with Crippen LogP contribution in [-0.4, -0.2) is 25.5 Å². The third kappa shape index (κ3) is 3.59. The van der Waals surface area contributed by atoms with Crippen molar-refractivity contribution in [2.45, 2.75) is 25.7 Å². The standard InChI is InChI=1S/C18H20N2O3S/c1-19-17(22)16-13-8-5-9-14(13)24-18(16)20-15(21)10-11-23-12-6-3-2-4-7-12/h2-4,6-7H,5,8-11H2,1H3,(H,19,22)(H,20,21). The minimum absolute atomic E-state index is 0.134. The lowest BCUT2D eigenvalue weighted by atomic mass is 10.1. The van der Waals surface area contributed by atoms with Crippen LogP contribution in [-0.2, 0) is 17.6 Å². The van der Waals surface area contributed by atoms with Gasteiger partial charge in [0.25, 0.3) is 5.91 Å². The number of ether oxygens (including phenoxy) is 1. The number of amides is 2. The van der Waals surface area contributed by atoms with Gasteiger partial charge in [-0.25, -0.2) is 0 Å². The van der Waals surface area contributed by atoms with Crippen molar-refractivity contribution in [2.75, 3.05) is 19.0 Å². The van der Waals surface area contributed by atoms with Crippen LogP contribution in [0.2, 0.25) is 0 Å². The summed E-state index contributed by atoms with van der Waals surface area (Å²) in [5, 5.41) is 6.20. The van der Waals surface area contributed by atoms with Gasteiger partial charge in [0.2, 0.25) is 5.91 Å². The molecule has 1 heterocycles. The van der Waals surface area contributed by atoms with Crippen LogP contribution in [0.3, 0.4) is 0 Å². The van der Waals surface area contributed by atoms with Gasteiger partial charge in [0.1, 0.15) is 10.8 Å². The van der Waals surface area contributed by atoms with Crippen LogP contribution in [0.1, 0.15) is 33.6 Å². The monoisotopic (exact) mass is 344 g/mol. The van der Waals surface area contributed by atoms with E-state index >= 15 is 0 Å². The van der Waals surface area contributed by atoms with Crippen molar-refractivity contribution in [2.24, 2.45) is 0 Å². The van der Waals surface area contributed by atoms with Crippen LogP contribution in [0.5, 0.6) is 5.75 Å². The van der Waals surface area contributed by atoms with Crippen molar-refractivity contribution < 1.29 is 14.3 Å². The molecule has 1 aliphatic rings. The molecule has 2 amide bonds. The number of benzene rings is 1. The van der Waals surface area contributed by atoms with Crippen molar-refractivity contribution in [3.05, 3.63) is 46.3 Å². The lowest BCUT2D eigenvalue weighted by molar-refractivity contribution is -0.116. The summed E-state index contributed by atoms with van der Waals surface area (Å²) < 4.78 is 5.54. The summed E-state index contributed by atoms with van der Waals surface area (Å²) in [5.74, 6) is 0.465. The number of carbonyl (C=O) groups excluding carboxylic acids is 2. The maximum absolute atomic E-state index is 12.2. The molecule has 0 saturated heterocycles. The lowest BCUT2D eigenvalue weighted by Crippen LogP contribution is -2.22. The zero-order valence-corrected chi connectivity index (χ0v) is 14.4. The predicted octanol–water partition coefficient (Wildman–Crippen LogP) is 3.00. The first-order valence-electron chi connectivity index (χ1n) is 8.03. The maximum atomic E-state index is 12.2. The summed E-state index contributed by atoms with van der Waals surface area (Å²) >= 11 is 1.52. The zero-order valence-electron chi connectivity index (χ0n) is 13.6. The molecule has 0 aliphatic heterocycles. The van der Waals surface area contributed by atoms with Gasteiger partial charge in [-0.2, -0.15) is 0 Å². The van der Waals surface area contributed by atoms with E-state index in [1.807, 2.05) is 30.3 Å². The number of thiophene rings is 1. The largest absolute Gasteiger partial charge is 0.493 e. The number of para-hydroxylation sites is 1. The van der Waals surface area contributed by atoms with E-state index in [1.165, 1.54) is 16.2 Å². The molecule has 3 rings (SSSR count). The van der Waals surface area contributed by atoms with E-state index < -0.39 is 0 Å². The number of aryl methyl sites for hydroxylation is 1. The summed E-state index contributed by atoms with van der Waals surface area (Å²) in [6, 6.07) is 9.39. The van der Waals surface area contributed by atoms with Crippen LogP contribution in [0.25, 0.3) is 0 Å². The Hall–Kier alpha value is -2.34. The first-order chi connectivity index (χ1) is 11.7. The van der Waals surface area contributed by atoms with Gasteiger partial charge in [0.15, 0.2) is 0 Å². The molecule has 1 aliphatic carbocycles. The Morgan fingerprint density at radius 1 is 1.21 bits per heavy atom. The van der Waals surface area contributed by atoms with Crippen LogP contribution >= 0.6 is 11.3 Å². The number of fused-ring (bicyclic) bond motifs is 1. The Labute approximate surface area is 145 Å². The fraction of sp³-hybridized carbons (Fsp3) is 0.333. The van der Waals surface area contributed by atoms with Crippen molar-refractivity contribution in [1.29, 1.82) is 0 Å². The highest BCUT2D eigenvalue weighted by atomic mass is 32.1. The minimum Gasteiger partial charge on any atom is -0.493 e. The van der Waals surface area contributed by atoms with Gasteiger partial charge in [0.05, 0.1) is 18.6 Å². The fourth-order valence-electron chi connectivity index (χ4n) is 2.82. The molecular formula is C18H20N2O3S. The summed E-state index contributed by atoms with van der Waals surface area (Å²) in [6.45, 7) is 0.302. The number of anilines is 1. The molecule has 2 aromatic rings. The highest BCUT2D eigenvalue weighted by Crippen LogP contribution is 2.39. The quantitative estimate of drug-likeness (QED) is 0.846. The molecule has 0 spiro atoms. The zero-order chi connectivity index (χ0) is 16.9. The number of rotatable bonds is 6. The lowest BCUT2D eigenvalue weighted by Gasteiger charge is -2.08. The van der Waals surface area contributed by atoms with Gasteiger partial charge < -0.3 is 15.4 Å². The summed E-state index contributed by atoms with van der Waals surface area (Å²) in [5.41, 5.74) is 1.72. The second-order valence-corrected chi connectivity index (χ2v) is 6.71. The first kappa shape index (κ1) is 16.5. The SMILES string of the molecule is CNC(=O)c1c(NC(=O)CCOc2ccccc2)sc2c1CCC2. The van der Waals surface area contributed by atoms with Crippen molar-refractivity contribution in [3.8, 4) is 5.75 Å². The van der Waals surface area contributed by atoms with E-state index in [1.54, 1.807) is 7.05 Å². The molecule has 126 valence electrons. The second-order valence-electron chi connectivity index (χ2n) is 5.60. The summed E-state index contributed by atoms with van der Waals surface area (Å²) in [4.78, 5) is 25.5. The molecule has 1 aromatic carbocycles. The highest BCUT2D eigenvalue weighted by Gasteiger charge is 2.26. The van der Waals surface area contributed by atoms with E-state index in [4.69, 9.17) is 4.74 Å². The van der Waals surface area contributed by atoms with Gasteiger partial charge in [0, 0.05) is 11.9 Å². The van der Waals surface area contributed by atoms with E-state index in [0.717, 1.165) is 30.6 Å². The predicted molar refractivity (Wildman–Crippen MR) is 94.9 cm³/mol. The Balaban J connectivity index is 1.61. The Morgan fingerprint density at radius 2 is 2.00 bits per heavy atom. The van der Waals surface area contributed by atoms with Crippen LogP contribution in [0.4, 0.5) is 5.00 Å². The molecule has 0 radical (unpaired) electrons. The average Bonchev–Trinajstić information content (AvgIpc) is 3.15. The van der Waals surface area contributed by atoms with Gasteiger partial charge in [-0.3, -0.25) is 9.59 Å². The van der Waals surface area contributed by atoms with E-state index in [0.29, 0.717) is 17.2 Å². The number of hydrogen-bond donors (Lipinski definition) is 2. The number of hydrogen-bond acceptors (Lipinski definition) is 4. The number of nitrogens with one attached hydrogen (secondary N) is 2. The molecule has 2 N–H and O–H groups in total. The molecule has 6 heteroatoms. The van der Waals surface area contributed by atoms with Gasteiger partial charge in [-0.15, -0.1) is 11.3 Å². The molecule has 0 atom stereocenters. The minimum atomic E-state index is -0.143. The van der Waals surface area contributed by atoms with E-state index in [9.17, 15) is 9.59 Å². The Bertz CT molecular complexity index is 740. The highest BCUT2D eigenvalue weighted by molar-refractivity contribution is 7.17. The third-order valence-electron chi connectivity index (χ3n) is 3.97. The fourth-order valence-corrected chi connectivity index (χ4v) is 4.13. The molecule has 1 aromatic heterocycles.